The second kappa shape index (κ2) is 6.61. The summed E-state index contributed by atoms with van der Waals surface area (Å²) in [6.45, 7) is 3.09. The second-order valence-electron chi connectivity index (χ2n) is 7.21. The van der Waals surface area contributed by atoms with Crippen molar-refractivity contribution in [1.29, 1.82) is 0 Å². The average molecular weight is 322 g/mol. The van der Waals surface area contributed by atoms with Gasteiger partial charge in [-0.2, -0.15) is 0 Å². The molecule has 2 saturated heterocycles. The van der Waals surface area contributed by atoms with Crippen LogP contribution in [0.15, 0.2) is 12.2 Å². The summed E-state index contributed by atoms with van der Waals surface area (Å²) in [6, 6.07) is 0.224. The normalized spacial score (nSPS) is 32.8. The predicted molar refractivity (Wildman–Crippen MR) is 85.0 cm³/mol. The lowest BCUT2D eigenvalue weighted by Crippen LogP contribution is -2.49. The number of ether oxygens (including phenoxy) is 1. The molecular formula is C17H26N2O4. The van der Waals surface area contributed by atoms with Gasteiger partial charge in [0.15, 0.2) is 0 Å². The lowest BCUT2D eigenvalue weighted by molar-refractivity contribution is -0.156. The van der Waals surface area contributed by atoms with Gasteiger partial charge >= 0.3 is 5.97 Å². The first-order valence-electron chi connectivity index (χ1n) is 8.54. The minimum Gasteiger partial charge on any atom is -0.480 e. The molecule has 2 fully saturated rings. The SMILES string of the molecule is O=C(O)C1(C(=O)NCC2CC3(CCOCC3)CN2)CC=CCC1. The number of carboxylic acid groups (broad SMARTS) is 1. The van der Waals surface area contributed by atoms with E-state index in [1.807, 2.05) is 12.2 Å². The van der Waals surface area contributed by atoms with Crippen molar-refractivity contribution in [2.75, 3.05) is 26.3 Å². The summed E-state index contributed by atoms with van der Waals surface area (Å²) in [5.74, 6) is -1.36. The fourth-order valence-electron chi connectivity index (χ4n) is 4.07. The van der Waals surface area contributed by atoms with Crippen LogP contribution in [0.2, 0.25) is 0 Å². The van der Waals surface area contributed by atoms with Gasteiger partial charge < -0.3 is 20.5 Å². The molecule has 0 radical (unpaired) electrons. The molecule has 3 N–H and O–H groups in total. The van der Waals surface area contributed by atoms with Crippen LogP contribution in [0.25, 0.3) is 0 Å². The number of nitrogens with one attached hydrogen (secondary N) is 2. The zero-order valence-corrected chi connectivity index (χ0v) is 13.5. The number of carbonyl (C=O) groups is 2. The number of rotatable bonds is 4. The molecule has 0 bridgehead atoms. The van der Waals surface area contributed by atoms with Crippen molar-refractivity contribution in [1.82, 2.24) is 10.6 Å². The highest BCUT2D eigenvalue weighted by atomic mass is 16.5. The summed E-state index contributed by atoms with van der Waals surface area (Å²) in [5.41, 5.74) is -0.991. The highest BCUT2D eigenvalue weighted by Crippen LogP contribution is 2.38. The Kier molecular flexibility index (Phi) is 4.73. The molecule has 3 rings (SSSR count). The number of amides is 1. The average Bonchev–Trinajstić information content (AvgIpc) is 2.96. The number of hydrogen-bond donors (Lipinski definition) is 3. The smallest absolute Gasteiger partial charge is 0.319 e. The van der Waals surface area contributed by atoms with Crippen molar-refractivity contribution in [2.45, 2.75) is 44.6 Å². The minimum absolute atomic E-state index is 0.224. The summed E-state index contributed by atoms with van der Waals surface area (Å²) < 4.78 is 5.44. The number of aliphatic carboxylic acids is 1. The fourth-order valence-corrected chi connectivity index (χ4v) is 4.07. The van der Waals surface area contributed by atoms with Crippen LogP contribution in [0.1, 0.15) is 38.5 Å². The van der Waals surface area contributed by atoms with Gasteiger partial charge in [0.25, 0.3) is 0 Å². The first-order valence-corrected chi connectivity index (χ1v) is 8.54. The topological polar surface area (TPSA) is 87.7 Å². The first kappa shape index (κ1) is 16.5. The maximum Gasteiger partial charge on any atom is 0.319 e. The van der Waals surface area contributed by atoms with Crippen molar-refractivity contribution >= 4 is 11.9 Å². The minimum atomic E-state index is -1.29. The standard InChI is InChI=1S/C17H26N2O4/c20-14(17(15(21)22)4-2-1-3-5-17)18-11-13-10-16(12-19-13)6-8-23-9-7-16/h1-2,13,19H,3-12H2,(H,18,20)(H,21,22). The molecule has 2 atom stereocenters. The van der Waals surface area contributed by atoms with Crippen LogP contribution in [0.4, 0.5) is 0 Å². The molecule has 2 aliphatic heterocycles. The van der Waals surface area contributed by atoms with E-state index in [0.717, 1.165) is 39.0 Å². The van der Waals surface area contributed by atoms with Gasteiger partial charge in [0, 0.05) is 32.3 Å². The van der Waals surface area contributed by atoms with Gasteiger partial charge in [-0.25, -0.2) is 0 Å². The van der Waals surface area contributed by atoms with Crippen LogP contribution < -0.4 is 10.6 Å². The van der Waals surface area contributed by atoms with Crippen molar-refractivity contribution in [3.05, 3.63) is 12.2 Å². The Hall–Kier alpha value is -1.40. The van der Waals surface area contributed by atoms with Crippen LogP contribution >= 0.6 is 0 Å². The van der Waals surface area contributed by atoms with Crippen molar-refractivity contribution in [3.63, 3.8) is 0 Å². The zero-order chi connectivity index (χ0) is 16.3. The summed E-state index contributed by atoms with van der Waals surface area (Å²) in [6.07, 6.45) is 8.21. The molecule has 0 aromatic heterocycles. The summed E-state index contributed by atoms with van der Waals surface area (Å²) in [7, 11) is 0. The van der Waals surface area contributed by atoms with E-state index < -0.39 is 11.4 Å². The molecule has 23 heavy (non-hydrogen) atoms. The van der Waals surface area contributed by atoms with E-state index in [1.165, 1.54) is 0 Å². The van der Waals surface area contributed by atoms with E-state index in [9.17, 15) is 14.7 Å². The Bertz CT molecular complexity index is 499. The summed E-state index contributed by atoms with van der Waals surface area (Å²) in [5, 5.41) is 15.9. The summed E-state index contributed by atoms with van der Waals surface area (Å²) >= 11 is 0. The van der Waals surface area contributed by atoms with Gasteiger partial charge in [0.05, 0.1) is 0 Å². The number of carbonyl (C=O) groups excluding carboxylic acids is 1. The van der Waals surface area contributed by atoms with Gasteiger partial charge in [-0.05, 0) is 43.9 Å². The Labute approximate surface area is 136 Å². The van der Waals surface area contributed by atoms with E-state index in [-0.39, 0.29) is 18.4 Å². The predicted octanol–water partition coefficient (Wildman–Crippen LogP) is 1.07. The third-order valence-corrected chi connectivity index (χ3v) is 5.72. The van der Waals surface area contributed by atoms with E-state index in [1.54, 1.807) is 0 Å². The highest BCUT2D eigenvalue weighted by Gasteiger charge is 2.46. The van der Waals surface area contributed by atoms with Gasteiger partial charge in [0.2, 0.25) is 5.91 Å². The molecule has 1 amide bonds. The molecule has 2 unspecified atom stereocenters. The van der Waals surface area contributed by atoms with Crippen molar-refractivity contribution in [2.24, 2.45) is 10.8 Å². The van der Waals surface area contributed by atoms with Gasteiger partial charge in [-0.15, -0.1) is 0 Å². The maximum absolute atomic E-state index is 12.5. The molecular weight excluding hydrogens is 296 g/mol. The van der Waals surface area contributed by atoms with Gasteiger partial charge in [-0.1, -0.05) is 12.2 Å². The van der Waals surface area contributed by atoms with E-state index in [0.29, 0.717) is 24.8 Å². The van der Waals surface area contributed by atoms with Crippen LogP contribution in [-0.2, 0) is 14.3 Å². The highest BCUT2D eigenvalue weighted by molar-refractivity contribution is 6.02. The molecule has 6 heteroatoms. The monoisotopic (exact) mass is 322 g/mol. The Morgan fingerprint density at radius 3 is 2.70 bits per heavy atom. The van der Waals surface area contributed by atoms with Gasteiger partial charge in [0.1, 0.15) is 5.41 Å². The molecule has 128 valence electrons. The number of allylic oxidation sites excluding steroid dienone is 2. The molecule has 6 nitrogen and oxygen atoms in total. The quantitative estimate of drug-likeness (QED) is 0.532. The molecule has 0 saturated carbocycles. The molecule has 1 aliphatic carbocycles. The maximum atomic E-state index is 12.5. The fraction of sp³-hybridized carbons (Fsp3) is 0.765. The third-order valence-electron chi connectivity index (χ3n) is 5.72. The molecule has 3 aliphatic rings. The van der Waals surface area contributed by atoms with Crippen LogP contribution in [0.3, 0.4) is 0 Å². The van der Waals surface area contributed by atoms with Crippen LogP contribution in [0, 0.1) is 10.8 Å². The lowest BCUT2D eigenvalue weighted by Gasteiger charge is -2.32. The molecule has 0 aromatic rings. The van der Waals surface area contributed by atoms with E-state index >= 15 is 0 Å². The van der Waals surface area contributed by atoms with Crippen molar-refractivity contribution in [3.8, 4) is 0 Å². The lowest BCUT2D eigenvalue weighted by atomic mass is 9.76. The number of hydrogen-bond acceptors (Lipinski definition) is 4. The van der Waals surface area contributed by atoms with Crippen LogP contribution in [-0.4, -0.2) is 49.3 Å². The molecule has 1 spiro atoms. The third kappa shape index (κ3) is 3.28. The van der Waals surface area contributed by atoms with Gasteiger partial charge in [-0.3, -0.25) is 9.59 Å². The Morgan fingerprint density at radius 2 is 2.04 bits per heavy atom. The van der Waals surface area contributed by atoms with E-state index in [2.05, 4.69) is 10.6 Å². The van der Waals surface area contributed by atoms with Crippen LogP contribution in [0.5, 0.6) is 0 Å². The second-order valence-corrected chi connectivity index (χ2v) is 7.21. The van der Waals surface area contributed by atoms with Crippen molar-refractivity contribution < 1.29 is 19.4 Å². The largest absolute Gasteiger partial charge is 0.480 e. The summed E-state index contributed by atoms with van der Waals surface area (Å²) in [4.78, 5) is 24.1. The Balaban J connectivity index is 1.54. The zero-order valence-electron chi connectivity index (χ0n) is 13.5. The molecule has 0 aromatic carbocycles. The van der Waals surface area contributed by atoms with E-state index in [4.69, 9.17) is 4.74 Å². The Morgan fingerprint density at radius 1 is 1.26 bits per heavy atom. The molecule has 2 heterocycles. The first-order chi connectivity index (χ1) is 11.1. The number of carboxylic acids is 1.